The first-order chi connectivity index (χ1) is 12.0. The van der Waals surface area contributed by atoms with Crippen molar-refractivity contribution in [2.45, 2.75) is 32.4 Å². The highest BCUT2D eigenvalue weighted by Crippen LogP contribution is 2.30. The monoisotopic (exact) mass is 369 g/mol. The number of halogens is 3. The van der Waals surface area contributed by atoms with Crippen LogP contribution in [0.5, 0.6) is 5.75 Å². The number of nitrogens with zero attached hydrogens (tertiary/aromatic N) is 2. The Kier molecular flexibility index (Phi) is 5.63. The van der Waals surface area contributed by atoms with Gasteiger partial charge in [-0.15, -0.1) is 0 Å². The highest BCUT2D eigenvalue weighted by molar-refractivity contribution is 5.95. The van der Waals surface area contributed by atoms with Crippen molar-refractivity contribution in [3.8, 4) is 5.75 Å². The Balaban J connectivity index is 1.88. The second-order valence-electron chi connectivity index (χ2n) is 6.94. The third-order valence-electron chi connectivity index (χ3n) is 3.72. The zero-order valence-electron chi connectivity index (χ0n) is 15.1. The maximum Gasteiger partial charge on any atom is 0.435 e. The first-order valence-corrected chi connectivity index (χ1v) is 8.11. The molecule has 0 atom stereocenters. The third kappa shape index (κ3) is 5.00. The van der Waals surface area contributed by atoms with Crippen LogP contribution in [0.1, 0.15) is 42.4 Å². The van der Waals surface area contributed by atoms with Crippen LogP contribution in [0, 0.1) is 0 Å². The molecule has 0 spiro atoms. The van der Waals surface area contributed by atoms with Gasteiger partial charge in [0.05, 0.1) is 12.1 Å². The lowest BCUT2D eigenvalue weighted by Gasteiger charge is -2.19. The van der Waals surface area contributed by atoms with E-state index in [0.717, 1.165) is 16.4 Å². The SMILES string of the molecule is Cn1cc(C(=O)NCCOc2ccc(C(C)(C)C)cc2)c(C(F)(F)F)n1. The summed E-state index contributed by atoms with van der Waals surface area (Å²) < 4.78 is 45.1. The highest BCUT2D eigenvalue weighted by atomic mass is 19.4. The molecule has 0 aliphatic rings. The van der Waals surface area contributed by atoms with E-state index in [2.05, 4.69) is 31.2 Å². The molecule has 1 aromatic heterocycles. The molecule has 0 saturated heterocycles. The molecule has 8 heteroatoms. The fourth-order valence-electron chi connectivity index (χ4n) is 2.34. The first-order valence-electron chi connectivity index (χ1n) is 8.11. The van der Waals surface area contributed by atoms with Crippen LogP contribution in [0.4, 0.5) is 13.2 Å². The average molecular weight is 369 g/mol. The summed E-state index contributed by atoms with van der Waals surface area (Å²) in [6.45, 7) is 6.53. The van der Waals surface area contributed by atoms with E-state index in [4.69, 9.17) is 4.74 Å². The summed E-state index contributed by atoms with van der Waals surface area (Å²) in [7, 11) is 1.33. The van der Waals surface area contributed by atoms with Crippen LogP contribution in [0.2, 0.25) is 0 Å². The summed E-state index contributed by atoms with van der Waals surface area (Å²) in [4.78, 5) is 12.0. The van der Waals surface area contributed by atoms with Crippen molar-refractivity contribution in [2.75, 3.05) is 13.2 Å². The minimum Gasteiger partial charge on any atom is -0.492 e. The Morgan fingerprint density at radius 3 is 2.35 bits per heavy atom. The predicted octanol–water partition coefficient (Wildman–Crippen LogP) is 3.55. The minimum atomic E-state index is -4.68. The number of ether oxygens (including phenoxy) is 1. The van der Waals surface area contributed by atoms with Gasteiger partial charge in [0.1, 0.15) is 12.4 Å². The normalized spacial score (nSPS) is 12.1. The Labute approximate surface area is 150 Å². The van der Waals surface area contributed by atoms with Gasteiger partial charge in [-0.2, -0.15) is 18.3 Å². The van der Waals surface area contributed by atoms with Crippen LogP contribution >= 0.6 is 0 Å². The fraction of sp³-hybridized carbons (Fsp3) is 0.444. The van der Waals surface area contributed by atoms with E-state index in [0.29, 0.717) is 5.75 Å². The van der Waals surface area contributed by atoms with E-state index in [-0.39, 0.29) is 18.6 Å². The van der Waals surface area contributed by atoms with Gasteiger partial charge in [-0.1, -0.05) is 32.9 Å². The molecule has 0 saturated carbocycles. The predicted molar refractivity (Wildman–Crippen MR) is 91.2 cm³/mol. The molecule has 0 aliphatic heterocycles. The van der Waals surface area contributed by atoms with Gasteiger partial charge in [-0.3, -0.25) is 9.48 Å². The maximum atomic E-state index is 12.9. The maximum absolute atomic E-state index is 12.9. The lowest BCUT2D eigenvalue weighted by Crippen LogP contribution is -2.29. The van der Waals surface area contributed by atoms with Gasteiger partial charge in [0.15, 0.2) is 5.69 Å². The lowest BCUT2D eigenvalue weighted by atomic mass is 9.87. The molecule has 0 aliphatic carbocycles. The van der Waals surface area contributed by atoms with Crippen molar-refractivity contribution in [3.05, 3.63) is 47.3 Å². The second kappa shape index (κ2) is 7.39. The second-order valence-corrected chi connectivity index (χ2v) is 6.94. The van der Waals surface area contributed by atoms with E-state index in [1.165, 1.54) is 7.05 Å². The number of carbonyl (C=O) groups excluding carboxylic acids is 1. The number of alkyl halides is 3. The molecule has 0 unspecified atom stereocenters. The number of hydrogen-bond acceptors (Lipinski definition) is 3. The van der Waals surface area contributed by atoms with Crippen molar-refractivity contribution >= 4 is 5.91 Å². The molecule has 142 valence electrons. The first kappa shape index (κ1) is 19.8. The number of hydrogen-bond donors (Lipinski definition) is 1. The Bertz CT molecular complexity index is 759. The van der Waals surface area contributed by atoms with Crippen LogP contribution < -0.4 is 10.1 Å². The standard InChI is InChI=1S/C18H22F3N3O2/c1-17(2,3)12-5-7-13(8-6-12)26-10-9-22-16(25)14-11-24(4)23-15(14)18(19,20)21/h5-8,11H,9-10H2,1-4H3,(H,22,25). The summed E-state index contributed by atoms with van der Waals surface area (Å²) >= 11 is 0. The molecule has 0 radical (unpaired) electrons. The van der Waals surface area contributed by atoms with Crippen molar-refractivity contribution in [2.24, 2.45) is 7.05 Å². The number of nitrogens with one attached hydrogen (secondary N) is 1. The van der Waals surface area contributed by atoms with Gasteiger partial charge in [-0.25, -0.2) is 0 Å². The highest BCUT2D eigenvalue weighted by Gasteiger charge is 2.38. The molecule has 5 nitrogen and oxygen atoms in total. The molecular formula is C18H22F3N3O2. The smallest absolute Gasteiger partial charge is 0.435 e. The summed E-state index contributed by atoms with van der Waals surface area (Å²) in [6, 6.07) is 7.56. The van der Waals surface area contributed by atoms with Gasteiger partial charge in [0.25, 0.3) is 5.91 Å². The summed E-state index contributed by atoms with van der Waals surface area (Å²) in [5.74, 6) is -0.207. The van der Waals surface area contributed by atoms with Gasteiger partial charge < -0.3 is 10.1 Å². The summed E-state index contributed by atoms with van der Waals surface area (Å²) in [6.07, 6.45) is -3.64. The quantitative estimate of drug-likeness (QED) is 0.820. The molecule has 0 bridgehead atoms. The molecule has 2 rings (SSSR count). The van der Waals surface area contributed by atoms with E-state index in [1.54, 1.807) is 0 Å². The summed E-state index contributed by atoms with van der Waals surface area (Å²) in [5, 5.41) is 5.72. The Morgan fingerprint density at radius 2 is 1.81 bits per heavy atom. The van der Waals surface area contributed by atoms with Gasteiger partial charge >= 0.3 is 6.18 Å². The molecule has 1 N–H and O–H groups in total. The van der Waals surface area contributed by atoms with E-state index >= 15 is 0 Å². The number of aryl methyl sites for hydroxylation is 1. The van der Waals surface area contributed by atoms with Crippen LogP contribution in [-0.4, -0.2) is 28.8 Å². The molecule has 2 aromatic rings. The number of benzene rings is 1. The van der Waals surface area contributed by atoms with Crippen molar-refractivity contribution in [3.63, 3.8) is 0 Å². The molecular weight excluding hydrogens is 347 g/mol. The molecule has 26 heavy (non-hydrogen) atoms. The zero-order chi connectivity index (χ0) is 19.5. The molecule has 0 fully saturated rings. The number of amides is 1. The number of rotatable bonds is 5. The van der Waals surface area contributed by atoms with Gasteiger partial charge in [0.2, 0.25) is 0 Å². The minimum absolute atomic E-state index is 0.0341. The van der Waals surface area contributed by atoms with Crippen LogP contribution in [0.3, 0.4) is 0 Å². The van der Waals surface area contributed by atoms with E-state index in [9.17, 15) is 18.0 Å². The summed E-state index contributed by atoms with van der Waals surface area (Å²) in [5.41, 5.74) is -0.507. The fourth-order valence-corrected chi connectivity index (χ4v) is 2.34. The van der Waals surface area contributed by atoms with E-state index < -0.39 is 23.3 Å². The van der Waals surface area contributed by atoms with Crippen LogP contribution in [0.25, 0.3) is 0 Å². The van der Waals surface area contributed by atoms with Crippen LogP contribution in [-0.2, 0) is 18.6 Å². The number of aromatic nitrogens is 2. The van der Waals surface area contributed by atoms with Crippen molar-refractivity contribution in [1.82, 2.24) is 15.1 Å². The Hall–Kier alpha value is -2.51. The average Bonchev–Trinajstić information content (AvgIpc) is 2.93. The van der Waals surface area contributed by atoms with E-state index in [1.807, 2.05) is 24.3 Å². The van der Waals surface area contributed by atoms with Gasteiger partial charge in [-0.05, 0) is 23.1 Å². The Morgan fingerprint density at radius 1 is 1.19 bits per heavy atom. The topological polar surface area (TPSA) is 56.2 Å². The van der Waals surface area contributed by atoms with Crippen molar-refractivity contribution in [1.29, 1.82) is 0 Å². The zero-order valence-corrected chi connectivity index (χ0v) is 15.1. The molecule has 1 aromatic carbocycles. The van der Waals surface area contributed by atoms with Crippen LogP contribution in [0.15, 0.2) is 30.5 Å². The largest absolute Gasteiger partial charge is 0.492 e. The van der Waals surface area contributed by atoms with Gasteiger partial charge in [0, 0.05) is 13.2 Å². The van der Waals surface area contributed by atoms with Crippen molar-refractivity contribution < 1.29 is 22.7 Å². The lowest BCUT2D eigenvalue weighted by molar-refractivity contribution is -0.141. The molecule has 1 heterocycles. The molecule has 1 amide bonds. The number of carbonyl (C=O) groups is 1. The third-order valence-corrected chi connectivity index (χ3v) is 3.72.